The van der Waals surface area contributed by atoms with Gasteiger partial charge in [0.25, 0.3) is 0 Å². The van der Waals surface area contributed by atoms with Crippen LogP contribution in [-0.4, -0.2) is 41.0 Å². The van der Waals surface area contributed by atoms with Crippen molar-refractivity contribution in [3.05, 3.63) is 71.5 Å². The number of rotatable bonds is 3. The number of para-hydroxylation sites is 1. The number of anilines is 1. The zero-order valence-electron chi connectivity index (χ0n) is 15.0. The zero-order chi connectivity index (χ0) is 18.2. The Bertz CT molecular complexity index is 1100. The molecule has 0 amide bonds. The van der Waals surface area contributed by atoms with Crippen molar-refractivity contribution in [2.45, 2.75) is 6.54 Å². The van der Waals surface area contributed by atoms with Gasteiger partial charge < -0.3 is 9.88 Å². The van der Waals surface area contributed by atoms with Crippen molar-refractivity contribution in [3.63, 3.8) is 0 Å². The van der Waals surface area contributed by atoms with Crippen LogP contribution in [-0.2, 0) is 6.54 Å². The molecule has 0 aliphatic carbocycles. The monoisotopic (exact) mass is 376 g/mol. The van der Waals surface area contributed by atoms with Gasteiger partial charge in [0.2, 0.25) is 0 Å². The van der Waals surface area contributed by atoms with E-state index in [-0.39, 0.29) is 0 Å². The van der Waals surface area contributed by atoms with Crippen molar-refractivity contribution in [1.82, 2.24) is 14.9 Å². The van der Waals surface area contributed by atoms with E-state index in [0.717, 1.165) is 43.3 Å². The van der Waals surface area contributed by atoms with E-state index in [9.17, 15) is 0 Å². The molecule has 0 atom stereocenters. The van der Waals surface area contributed by atoms with Gasteiger partial charge >= 0.3 is 0 Å². The molecule has 2 aromatic carbocycles. The Morgan fingerprint density at radius 3 is 2.70 bits per heavy atom. The number of H-pyrrole nitrogens is 1. The van der Waals surface area contributed by atoms with Crippen molar-refractivity contribution in [2.75, 3.05) is 31.1 Å². The molecule has 5 rings (SSSR count). The molecule has 4 nitrogen and oxygen atoms in total. The molecule has 1 aliphatic rings. The van der Waals surface area contributed by atoms with Crippen LogP contribution < -0.4 is 4.90 Å². The summed E-state index contributed by atoms with van der Waals surface area (Å²) in [6.45, 7) is 5.13. The molecule has 0 spiro atoms. The molecule has 0 radical (unpaired) electrons. The van der Waals surface area contributed by atoms with Crippen LogP contribution >= 0.6 is 11.6 Å². The number of aromatic nitrogens is 2. The van der Waals surface area contributed by atoms with Gasteiger partial charge in [-0.3, -0.25) is 9.88 Å². The quantitative estimate of drug-likeness (QED) is 0.563. The second-order valence-electron chi connectivity index (χ2n) is 7.11. The van der Waals surface area contributed by atoms with Gasteiger partial charge in [-0.2, -0.15) is 0 Å². The Morgan fingerprint density at radius 2 is 1.81 bits per heavy atom. The number of pyridine rings is 1. The van der Waals surface area contributed by atoms with Crippen LogP contribution in [0.2, 0.25) is 5.02 Å². The lowest BCUT2D eigenvalue weighted by molar-refractivity contribution is 0.251. The molecule has 136 valence electrons. The van der Waals surface area contributed by atoms with Crippen LogP contribution in [0.4, 0.5) is 5.69 Å². The van der Waals surface area contributed by atoms with E-state index in [4.69, 9.17) is 11.6 Å². The standard InChI is InChI=1S/C22H21ClN4/c23-17-5-6-19-21(13-17)24-8-7-22(19)27-11-9-26(10-12-27)15-16-14-25-20-4-2-1-3-18(16)20/h1-8,13-14,25H,9-12,15H2. The Kier molecular flexibility index (Phi) is 4.23. The highest BCUT2D eigenvalue weighted by atomic mass is 35.5. The SMILES string of the molecule is Clc1ccc2c(N3CCN(Cc4c[nH]c5ccccc45)CC3)ccnc2c1. The molecule has 5 heteroatoms. The topological polar surface area (TPSA) is 35.2 Å². The van der Waals surface area contributed by atoms with Crippen molar-refractivity contribution in [1.29, 1.82) is 0 Å². The smallest absolute Gasteiger partial charge is 0.0737 e. The number of nitrogens with zero attached hydrogens (tertiary/aromatic N) is 3. The van der Waals surface area contributed by atoms with Crippen molar-refractivity contribution in [2.24, 2.45) is 0 Å². The summed E-state index contributed by atoms with van der Waals surface area (Å²) < 4.78 is 0. The number of piperazine rings is 1. The van der Waals surface area contributed by atoms with E-state index < -0.39 is 0 Å². The maximum absolute atomic E-state index is 6.12. The molecule has 1 fully saturated rings. The van der Waals surface area contributed by atoms with Crippen LogP contribution in [0.1, 0.15) is 5.56 Å². The number of nitrogens with one attached hydrogen (secondary N) is 1. The fourth-order valence-electron chi connectivity index (χ4n) is 4.03. The second kappa shape index (κ2) is 6.87. The maximum Gasteiger partial charge on any atom is 0.0737 e. The third-order valence-corrected chi connectivity index (χ3v) is 5.70. The molecular weight excluding hydrogens is 356 g/mol. The Labute approximate surface area is 163 Å². The first-order chi connectivity index (χ1) is 13.3. The molecule has 2 aromatic heterocycles. The molecule has 0 saturated carbocycles. The Hall–Kier alpha value is -2.56. The molecular formula is C22H21ClN4. The summed E-state index contributed by atoms with van der Waals surface area (Å²) in [4.78, 5) is 12.8. The summed E-state index contributed by atoms with van der Waals surface area (Å²) in [5, 5.41) is 3.24. The Balaban J connectivity index is 1.32. The second-order valence-corrected chi connectivity index (χ2v) is 7.55. The van der Waals surface area contributed by atoms with Gasteiger partial charge in [-0.05, 0) is 35.9 Å². The minimum absolute atomic E-state index is 0.732. The summed E-state index contributed by atoms with van der Waals surface area (Å²) in [6.07, 6.45) is 4.03. The minimum atomic E-state index is 0.732. The molecule has 1 N–H and O–H groups in total. The van der Waals surface area contributed by atoms with Crippen LogP contribution in [0, 0.1) is 0 Å². The van der Waals surface area contributed by atoms with E-state index in [0.29, 0.717) is 0 Å². The van der Waals surface area contributed by atoms with Crippen LogP contribution in [0.3, 0.4) is 0 Å². The highest BCUT2D eigenvalue weighted by Gasteiger charge is 2.20. The van der Waals surface area contributed by atoms with Crippen molar-refractivity contribution < 1.29 is 0 Å². The van der Waals surface area contributed by atoms with E-state index in [2.05, 4.69) is 62.4 Å². The van der Waals surface area contributed by atoms with Crippen LogP contribution in [0.15, 0.2) is 60.9 Å². The van der Waals surface area contributed by atoms with Crippen molar-refractivity contribution >= 4 is 39.1 Å². The number of halogens is 1. The van der Waals surface area contributed by atoms with Crippen molar-refractivity contribution in [3.8, 4) is 0 Å². The first-order valence-corrected chi connectivity index (χ1v) is 9.72. The average Bonchev–Trinajstić information content (AvgIpc) is 3.11. The van der Waals surface area contributed by atoms with Crippen LogP contribution in [0.5, 0.6) is 0 Å². The van der Waals surface area contributed by atoms with E-state index in [1.54, 1.807) is 0 Å². The molecule has 27 heavy (non-hydrogen) atoms. The molecule has 3 heterocycles. The lowest BCUT2D eigenvalue weighted by atomic mass is 10.1. The van der Waals surface area contributed by atoms with Crippen LogP contribution in [0.25, 0.3) is 21.8 Å². The van der Waals surface area contributed by atoms with Gasteiger partial charge in [-0.1, -0.05) is 29.8 Å². The summed E-state index contributed by atoms with van der Waals surface area (Å²) in [5.74, 6) is 0. The summed E-state index contributed by atoms with van der Waals surface area (Å²) >= 11 is 6.12. The van der Waals surface area contributed by atoms with E-state index in [1.807, 2.05) is 18.3 Å². The fraction of sp³-hybridized carbons (Fsp3) is 0.227. The largest absolute Gasteiger partial charge is 0.368 e. The van der Waals surface area contributed by atoms with Gasteiger partial charge in [-0.25, -0.2) is 0 Å². The summed E-state index contributed by atoms with van der Waals surface area (Å²) in [7, 11) is 0. The molecule has 1 aliphatic heterocycles. The number of fused-ring (bicyclic) bond motifs is 2. The normalized spacial score (nSPS) is 15.7. The van der Waals surface area contributed by atoms with E-state index in [1.165, 1.54) is 27.5 Å². The fourth-order valence-corrected chi connectivity index (χ4v) is 4.20. The zero-order valence-corrected chi connectivity index (χ0v) is 15.8. The summed E-state index contributed by atoms with van der Waals surface area (Å²) in [5.41, 5.74) is 4.81. The first kappa shape index (κ1) is 16.6. The molecule has 0 bridgehead atoms. The lowest BCUT2D eigenvalue weighted by Gasteiger charge is -2.36. The van der Waals surface area contributed by atoms with Gasteiger partial charge in [0.15, 0.2) is 0 Å². The average molecular weight is 377 g/mol. The van der Waals surface area contributed by atoms with Gasteiger partial charge in [0.1, 0.15) is 0 Å². The first-order valence-electron chi connectivity index (χ1n) is 9.34. The molecule has 4 aromatic rings. The minimum Gasteiger partial charge on any atom is -0.368 e. The molecule has 1 saturated heterocycles. The predicted octanol–water partition coefficient (Wildman–Crippen LogP) is 4.69. The maximum atomic E-state index is 6.12. The highest BCUT2D eigenvalue weighted by Crippen LogP contribution is 2.28. The lowest BCUT2D eigenvalue weighted by Crippen LogP contribution is -2.46. The Morgan fingerprint density at radius 1 is 0.963 bits per heavy atom. The third kappa shape index (κ3) is 3.15. The van der Waals surface area contributed by atoms with E-state index >= 15 is 0 Å². The number of aromatic amines is 1. The number of benzene rings is 2. The van der Waals surface area contributed by atoms with Gasteiger partial charge in [-0.15, -0.1) is 0 Å². The van der Waals surface area contributed by atoms with Gasteiger partial charge in [0.05, 0.1) is 5.52 Å². The highest BCUT2D eigenvalue weighted by molar-refractivity contribution is 6.31. The van der Waals surface area contributed by atoms with Gasteiger partial charge in [0, 0.05) is 72.1 Å². The third-order valence-electron chi connectivity index (χ3n) is 5.46. The predicted molar refractivity (Wildman–Crippen MR) is 113 cm³/mol. The molecule has 0 unspecified atom stereocenters. The number of hydrogen-bond acceptors (Lipinski definition) is 3. The number of hydrogen-bond donors (Lipinski definition) is 1. The summed E-state index contributed by atoms with van der Waals surface area (Å²) in [6, 6.07) is 16.6.